The molecule has 0 heterocycles. The van der Waals surface area contributed by atoms with Gasteiger partial charge in [0.2, 0.25) is 10.0 Å². The van der Waals surface area contributed by atoms with E-state index in [9.17, 15) is 8.42 Å². The number of aryl methyl sites for hydroxylation is 1. The van der Waals surface area contributed by atoms with Crippen molar-refractivity contribution in [2.45, 2.75) is 50.0 Å². The van der Waals surface area contributed by atoms with Crippen molar-refractivity contribution in [3.63, 3.8) is 0 Å². The lowest BCUT2D eigenvalue weighted by Crippen LogP contribution is -2.55. The second kappa shape index (κ2) is 5.49. The number of hydrogen-bond acceptors (Lipinski definition) is 3. The maximum Gasteiger partial charge on any atom is 0.240 e. The van der Waals surface area contributed by atoms with Crippen LogP contribution in [0.4, 0.5) is 0 Å². The Hall–Kier alpha value is -1.07. The highest BCUT2D eigenvalue weighted by Crippen LogP contribution is 2.53. The lowest BCUT2D eigenvalue weighted by atomic mass is 9.54. The first-order valence-electron chi connectivity index (χ1n) is 8.63. The fourth-order valence-corrected chi connectivity index (χ4v) is 6.84. The van der Waals surface area contributed by atoms with Crippen LogP contribution in [-0.4, -0.2) is 21.6 Å². The molecule has 0 radical (unpaired) electrons. The van der Waals surface area contributed by atoms with E-state index < -0.39 is 10.0 Å². The fourth-order valence-electron chi connectivity index (χ4n) is 5.38. The molecule has 5 rings (SSSR count). The molecule has 4 aliphatic rings. The van der Waals surface area contributed by atoms with Crippen LogP contribution in [0.2, 0.25) is 0 Å². The molecule has 5 heteroatoms. The highest BCUT2D eigenvalue weighted by molar-refractivity contribution is 7.89. The van der Waals surface area contributed by atoms with Gasteiger partial charge in [0.1, 0.15) is 5.75 Å². The zero-order chi connectivity index (χ0) is 16.2. The SMILES string of the molecule is COc1ccc(S(=O)(=O)NC2C3CC4CC(C3)CC2C4)cc1C. The third kappa shape index (κ3) is 2.68. The van der Waals surface area contributed by atoms with Gasteiger partial charge < -0.3 is 4.74 Å². The Morgan fingerprint density at radius 3 is 2.17 bits per heavy atom. The molecule has 0 saturated heterocycles. The van der Waals surface area contributed by atoms with Crippen LogP contribution in [0.5, 0.6) is 5.75 Å². The molecule has 1 aromatic carbocycles. The average Bonchev–Trinajstić information content (AvgIpc) is 2.50. The fraction of sp³-hybridized carbons (Fsp3) is 0.667. The van der Waals surface area contributed by atoms with Crippen molar-refractivity contribution in [2.24, 2.45) is 23.7 Å². The highest BCUT2D eigenvalue weighted by atomic mass is 32.2. The number of methoxy groups -OCH3 is 1. The summed E-state index contributed by atoms with van der Waals surface area (Å²) in [6.07, 6.45) is 6.22. The first kappa shape index (κ1) is 15.5. The van der Waals surface area contributed by atoms with Gasteiger partial charge in [-0.15, -0.1) is 0 Å². The summed E-state index contributed by atoms with van der Waals surface area (Å²) in [7, 11) is -1.86. The Labute approximate surface area is 138 Å². The van der Waals surface area contributed by atoms with E-state index in [4.69, 9.17) is 4.74 Å². The second-order valence-corrected chi connectivity index (χ2v) is 9.42. The number of sulfonamides is 1. The van der Waals surface area contributed by atoms with Crippen LogP contribution in [0.15, 0.2) is 23.1 Å². The van der Waals surface area contributed by atoms with Crippen LogP contribution in [0.25, 0.3) is 0 Å². The minimum atomic E-state index is -3.46. The molecule has 4 saturated carbocycles. The summed E-state index contributed by atoms with van der Waals surface area (Å²) in [6, 6.07) is 5.22. The summed E-state index contributed by atoms with van der Waals surface area (Å²) in [5.74, 6) is 3.50. The number of benzene rings is 1. The van der Waals surface area contributed by atoms with Crippen LogP contribution < -0.4 is 9.46 Å². The van der Waals surface area contributed by atoms with E-state index in [2.05, 4.69) is 4.72 Å². The largest absolute Gasteiger partial charge is 0.496 e. The maximum atomic E-state index is 12.8. The third-order valence-electron chi connectivity index (χ3n) is 6.19. The molecule has 4 fully saturated rings. The van der Waals surface area contributed by atoms with Crippen LogP contribution in [-0.2, 0) is 10.0 Å². The molecule has 0 aromatic heterocycles. The van der Waals surface area contributed by atoms with E-state index in [1.165, 1.54) is 32.1 Å². The van der Waals surface area contributed by atoms with Gasteiger partial charge >= 0.3 is 0 Å². The summed E-state index contributed by atoms with van der Waals surface area (Å²) in [6.45, 7) is 1.88. The number of ether oxygens (including phenoxy) is 1. The van der Waals surface area contributed by atoms with E-state index in [0.717, 1.165) is 23.1 Å². The van der Waals surface area contributed by atoms with Crippen LogP contribution in [0, 0.1) is 30.6 Å². The molecule has 126 valence electrons. The molecule has 1 N–H and O–H groups in total. The first-order chi connectivity index (χ1) is 11.0. The molecule has 23 heavy (non-hydrogen) atoms. The molecule has 4 bridgehead atoms. The Kier molecular flexibility index (Phi) is 3.69. The quantitative estimate of drug-likeness (QED) is 0.920. The van der Waals surface area contributed by atoms with Crippen LogP contribution >= 0.6 is 0 Å². The van der Waals surface area contributed by atoms with Gasteiger partial charge in [-0.2, -0.15) is 0 Å². The topological polar surface area (TPSA) is 55.4 Å². The van der Waals surface area contributed by atoms with Crippen molar-refractivity contribution < 1.29 is 13.2 Å². The van der Waals surface area contributed by atoms with Gasteiger partial charge in [-0.05, 0) is 86.5 Å². The predicted molar refractivity (Wildman–Crippen MR) is 88.9 cm³/mol. The summed E-state index contributed by atoms with van der Waals surface area (Å²) in [5.41, 5.74) is 0.848. The minimum absolute atomic E-state index is 0.134. The van der Waals surface area contributed by atoms with E-state index in [0.29, 0.717) is 16.7 Å². The first-order valence-corrected chi connectivity index (χ1v) is 10.1. The van der Waals surface area contributed by atoms with Crippen molar-refractivity contribution in [2.75, 3.05) is 7.11 Å². The average molecular weight is 335 g/mol. The number of hydrogen-bond donors (Lipinski definition) is 1. The normalized spacial score (nSPS) is 35.5. The van der Waals surface area contributed by atoms with Gasteiger partial charge in [-0.1, -0.05) is 0 Å². The van der Waals surface area contributed by atoms with Crippen LogP contribution in [0.1, 0.15) is 37.7 Å². The molecule has 0 spiro atoms. The maximum absolute atomic E-state index is 12.8. The summed E-state index contributed by atoms with van der Waals surface area (Å²) in [4.78, 5) is 0.351. The molecular weight excluding hydrogens is 310 g/mol. The summed E-state index contributed by atoms with van der Waals surface area (Å²) >= 11 is 0. The van der Waals surface area contributed by atoms with E-state index >= 15 is 0 Å². The smallest absolute Gasteiger partial charge is 0.240 e. The molecule has 0 unspecified atom stereocenters. The zero-order valence-electron chi connectivity index (χ0n) is 13.8. The van der Waals surface area contributed by atoms with Crippen LogP contribution in [0.3, 0.4) is 0 Å². The molecule has 1 aromatic rings. The number of nitrogens with one attached hydrogen (secondary N) is 1. The molecule has 0 atom stereocenters. The standard InChI is InChI=1S/C18H25NO3S/c1-11-5-16(3-4-17(11)22-2)23(20,21)19-18-14-7-12-6-13(9-14)10-15(18)8-12/h3-5,12-15,18-19H,6-10H2,1-2H3. The van der Waals surface area contributed by atoms with Gasteiger partial charge in [0.25, 0.3) is 0 Å². The van der Waals surface area contributed by atoms with Crippen molar-refractivity contribution in [1.82, 2.24) is 4.72 Å². The second-order valence-electron chi connectivity index (χ2n) is 7.71. The van der Waals surface area contributed by atoms with Crippen molar-refractivity contribution in [1.29, 1.82) is 0 Å². The van der Waals surface area contributed by atoms with Gasteiger partial charge in [-0.25, -0.2) is 13.1 Å². The Morgan fingerprint density at radius 2 is 1.65 bits per heavy atom. The van der Waals surface area contributed by atoms with E-state index in [1.807, 2.05) is 6.92 Å². The zero-order valence-corrected chi connectivity index (χ0v) is 14.6. The Balaban J connectivity index is 1.57. The van der Waals surface area contributed by atoms with Crippen molar-refractivity contribution in [3.8, 4) is 5.75 Å². The van der Waals surface area contributed by atoms with E-state index in [1.54, 1.807) is 25.3 Å². The third-order valence-corrected chi connectivity index (χ3v) is 7.65. The van der Waals surface area contributed by atoms with Crippen molar-refractivity contribution in [3.05, 3.63) is 23.8 Å². The molecule has 4 aliphatic carbocycles. The lowest BCUT2D eigenvalue weighted by Gasteiger charge is -2.54. The minimum Gasteiger partial charge on any atom is -0.496 e. The van der Waals surface area contributed by atoms with Gasteiger partial charge in [0, 0.05) is 6.04 Å². The summed E-state index contributed by atoms with van der Waals surface area (Å²) < 4.78 is 33.9. The van der Waals surface area contributed by atoms with Crippen molar-refractivity contribution >= 4 is 10.0 Å². The lowest BCUT2D eigenvalue weighted by molar-refractivity contribution is -0.00557. The Morgan fingerprint density at radius 1 is 1.04 bits per heavy atom. The van der Waals surface area contributed by atoms with Gasteiger partial charge in [0.15, 0.2) is 0 Å². The molecule has 0 aliphatic heterocycles. The molecule has 4 nitrogen and oxygen atoms in total. The van der Waals surface area contributed by atoms with E-state index in [-0.39, 0.29) is 6.04 Å². The van der Waals surface area contributed by atoms with Gasteiger partial charge in [0.05, 0.1) is 12.0 Å². The van der Waals surface area contributed by atoms with Gasteiger partial charge in [-0.3, -0.25) is 0 Å². The highest BCUT2D eigenvalue weighted by Gasteiger charge is 2.49. The predicted octanol–water partition coefficient (Wildman–Crippen LogP) is 3.11. The molecule has 0 amide bonds. The summed E-state index contributed by atoms with van der Waals surface area (Å²) in [5, 5.41) is 0. The monoisotopic (exact) mass is 335 g/mol. The Bertz CT molecular complexity index is 685. The molecular formula is C18H25NO3S. The number of rotatable bonds is 4.